The maximum Gasteiger partial charge on any atom is 0.238 e. The number of rotatable bonds is 10. The van der Waals surface area contributed by atoms with Crippen LogP contribution in [0, 0.1) is 0 Å². The highest BCUT2D eigenvalue weighted by molar-refractivity contribution is 5.92. The van der Waals surface area contributed by atoms with Crippen LogP contribution < -0.4 is 11.1 Å². The van der Waals surface area contributed by atoms with Crippen molar-refractivity contribution in [1.82, 2.24) is 14.9 Å². The van der Waals surface area contributed by atoms with E-state index in [1.54, 1.807) is 6.07 Å². The molecule has 0 atom stereocenters. The van der Waals surface area contributed by atoms with Crippen LogP contribution in [-0.4, -0.2) is 40.9 Å². The Kier molecular flexibility index (Phi) is 11.2. The van der Waals surface area contributed by atoms with Gasteiger partial charge in [-0.25, -0.2) is 4.98 Å². The predicted molar refractivity (Wildman–Crippen MR) is 150 cm³/mol. The number of pyridine rings is 1. The van der Waals surface area contributed by atoms with E-state index in [4.69, 9.17) is 5.73 Å². The molecule has 4 N–H and O–H groups in total. The van der Waals surface area contributed by atoms with E-state index in [-0.39, 0.29) is 5.91 Å². The Hall–Kier alpha value is -3.90. The van der Waals surface area contributed by atoms with Crippen LogP contribution in [0.25, 0.3) is 22.3 Å². The van der Waals surface area contributed by atoms with Gasteiger partial charge in [0.2, 0.25) is 5.91 Å². The monoisotopic (exact) mass is 471 g/mol. The van der Waals surface area contributed by atoms with Gasteiger partial charge in [-0.3, -0.25) is 9.69 Å². The maximum absolute atomic E-state index is 12.0. The third kappa shape index (κ3) is 9.47. The first kappa shape index (κ1) is 27.3. The van der Waals surface area contributed by atoms with Crippen molar-refractivity contribution in [3.63, 3.8) is 0 Å². The molecule has 2 heterocycles. The molecule has 1 aromatic carbocycles. The number of H-pyrrole nitrogens is 1. The molecule has 0 aliphatic heterocycles. The van der Waals surface area contributed by atoms with Gasteiger partial charge in [0.15, 0.2) is 0 Å². The van der Waals surface area contributed by atoms with Crippen LogP contribution >= 0.6 is 0 Å². The maximum atomic E-state index is 12.0. The molecule has 3 rings (SSSR count). The van der Waals surface area contributed by atoms with Crippen molar-refractivity contribution in [2.45, 2.75) is 26.7 Å². The summed E-state index contributed by atoms with van der Waals surface area (Å²) in [5, 5.41) is 2.92. The fourth-order valence-corrected chi connectivity index (χ4v) is 3.38. The molecule has 35 heavy (non-hydrogen) atoms. The average molecular weight is 472 g/mol. The third-order valence-electron chi connectivity index (χ3n) is 5.04. The van der Waals surface area contributed by atoms with E-state index < -0.39 is 0 Å². The number of nitrogens with zero attached hydrogens (tertiary/aromatic N) is 2. The number of aromatic nitrogens is 2. The normalized spacial score (nSPS) is 11.1. The topological polar surface area (TPSA) is 87.0 Å². The van der Waals surface area contributed by atoms with Gasteiger partial charge in [-0.15, -0.1) is 6.58 Å². The van der Waals surface area contributed by atoms with Crippen LogP contribution in [0.15, 0.2) is 91.6 Å². The molecule has 0 bridgehead atoms. The standard InChI is InChI=1S/C19H23N5O.C10H14/c1-3-10-24(2)12-19(25)21-14-6-4-13(5-7-14)16-11-17-15(22-16)8-9-18(20)23-17;1-4-6-7-9-10(3)8-5-2/h4-9,11,22H,3,10,12H2,1-2H3,(H2,20,23)(H,21,25);4-7,9H,2-3,8H2,1H3/b;6-4-,9-7-. The van der Waals surface area contributed by atoms with Crippen LogP contribution in [0.1, 0.15) is 26.7 Å². The van der Waals surface area contributed by atoms with Gasteiger partial charge in [0.25, 0.3) is 0 Å². The number of benzene rings is 1. The number of aromatic amines is 1. The SMILES string of the molecule is C=CCC(=C)/C=C\C=C/C.CCCN(C)CC(=O)Nc1ccc(-c2cc3nc(N)ccc3[nH]2)cc1. The lowest BCUT2D eigenvalue weighted by molar-refractivity contribution is -0.117. The minimum Gasteiger partial charge on any atom is -0.384 e. The summed E-state index contributed by atoms with van der Waals surface area (Å²) in [5.41, 5.74) is 11.4. The molecule has 0 saturated carbocycles. The van der Waals surface area contributed by atoms with Crippen molar-refractivity contribution in [3.8, 4) is 11.3 Å². The number of carbonyl (C=O) groups is 1. The van der Waals surface area contributed by atoms with E-state index in [0.717, 1.165) is 52.9 Å². The second-order valence-corrected chi connectivity index (χ2v) is 8.25. The summed E-state index contributed by atoms with van der Waals surface area (Å²) in [6.45, 7) is 12.8. The molecule has 0 radical (unpaired) electrons. The van der Waals surface area contributed by atoms with E-state index in [0.29, 0.717) is 12.4 Å². The Morgan fingerprint density at radius 1 is 1.20 bits per heavy atom. The molecular weight excluding hydrogens is 434 g/mol. The average Bonchev–Trinajstić information content (AvgIpc) is 3.23. The Labute approximate surface area is 208 Å². The summed E-state index contributed by atoms with van der Waals surface area (Å²) in [4.78, 5) is 21.7. The Bertz CT molecular complexity index is 1170. The number of nitrogens with two attached hydrogens (primary N) is 1. The van der Waals surface area contributed by atoms with E-state index in [2.05, 4.69) is 35.4 Å². The molecule has 6 heteroatoms. The zero-order chi connectivity index (χ0) is 25.6. The van der Waals surface area contributed by atoms with Crippen LogP contribution in [0.3, 0.4) is 0 Å². The van der Waals surface area contributed by atoms with Crippen LogP contribution in [0.4, 0.5) is 11.5 Å². The molecule has 0 fully saturated rings. The second-order valence-electron chi connectivity index (χ2n) is 8.25. The van der Waals surface area contributed by atoms with Crippen molar-refractivity contribution in [2.24, 2.45) is 0 Å². The lowest BCUT2D eigenvalue weighted by atomic mass is 10.1. The molecule has 0 aliphatic rings. The summed E-state index contributed by atoms with van der Waals surface area (Å²) < 4.78 is 0. The van der Waals surface area contributed by atoms with Gasteiger partial charge in [0.05, 0.1) is 17.6 Å². The van der Waals surface area contributed by atoms with Gasteiger partial charge in [0.1, 0.15) is 5.82 Å². The Morgan fingerprint density at radius 2 is 1.94 bits per heavy atom. The molecule has 3 aromatic rings. The highest BCUT2D eigenvalue weighted by Gasteiger charge is 2.08. The fraction of sp³-hybridized carbons (Fsp3) is 0.241. The highest BCUT2D eigenvalue weighted by Crippen LogP contribution is 2.25. The first-order chi connectivity index (χ1) is 16.9. The predicted octanol–water partition coefficient (Wildman–Crippen LogP) is 6.34. The summed E-state index contributed by atoms with van der Waals surface area (Å²) in [6, 6.07) is 13.4. The number of hydrogen-bond donors (Lipinski definition) is 3. The fourth-order valence-electron chi connectivity index (χ4n) is 3.38. The summed E-state index contributed by atoms with van der Waals surface area (Å²) in [7, 11) is 1.95. The van der Waals surface area contributed by atoms with Gasteiger partial charge in [-0.2, -0.15) is 0 Å². The first-order valence-electron chi connectivity index (χ1n) is 11.8. The Morgan fingerprint density at radius 3 is 2.60 bits per heavy atom. The number of hydrogen-bond acceptors (Lipinski definition) is 4. The number of nitrogen functional groups attached to an aromatic ring is 1. The van der Waals surface area contributed by atoms with E-state index >= 15 is 0 Å². The first-order valence-corrected chi connectivity index (χ1v) is 11.8. The molecule has 2 aromatic heterocycles. The van der Waals surface area contributed by atoms with Gasteiger partial charge in [0, 0.05) is 11.4 Å². The second kappa shape index (κ2) is 14.4. The zero-order valence-corrected chi connectivity index (χ0v) is 21.1. The lowest BCUT2D eigenvalue weighted by Gasteiger charge is -2.15. The summed E-state index contributed by atoms with van der Waals surface area (Å²) in [5.74, 6) is 0.498. The quantitative estimate of drug-likeness (QED) is 0.238. The Balaban J connectivity index is 0.000000367. The smallest absolute Gasteiger partial charge is 0.238 e. The number of allylic oxidation sites excluding steroid dienone is 6. The van der Waals surface area contributed by atoms with Gasteiger partial charge < -0.3 is 16.0 Å². The van der Waals surface area contributed by atoms with E-state index in [1.165, 1.54) is 0 Å². The van der Waals surface area contributed by atoms with Crippen LogP contribution in [0.2, 0.25) is 0 Å². The lowest BCUT2D eigenvalue weighted by Crippen LogP contribution is -2.30. The van der Waals surface area contributed by atoms with Gasteiger partial charge in [-0.1, -0.05) is 61.6 Å². The highest BCUT2D eigenvalue weighted by atomic mass is 16.2. The van der Waals surface area contributed by atoms with E-state index in [9.17, 15) is 4.79 Å². The van der Waals surface area contributed by atoms with Crippen molar-refractivity contribution >= 4 is 28.4 Å². The van der Waals surface area contributed by atoms with Gasteiger partial charge in [-0.05, 0) is 69.3 Å². The largest absolute Gasteiger partial charge is 0.384 e. The minimum atomic E-state index is -0.00557. The van der Waals surface area contributed by atoms with Crippen molar-refractivity contribution in [2.75, 3.05) is 31.2 Å². The van der Waals surface area contributed by atoms with Crippen LogP contribution in [-0.2, 0) is 4.79 Å². The van der Waals surface area contributed by atoms with Crippen molar-refractivity contribution in [1.29, 1.82) is 0 Å². The number of anilines is 2. The molecule has 0 aliphatic carbocycles. The summed E-state index contributed by atoms with van der Waals surface area (Å²) in [6.07, 6.45) is 11.7. The number of likely N-dealkylation sites (N-methyl/N-ethyl adjacent to an activating group) is 1. The van der Waals surface area contributed by atoms with Gasteiger partial charge >= 0.3 is 0 Å². The number of fused-ring (bicyclic) bond motifs is 1. The molecular formula is C29H37N5O. The molecule has 184 valence electrons. The minimum absolute atomic E-state index is 0.00557. The van der Waals surface area contributed by atoms with Crippen molar-refractivity contribution in [3.05, 3.63) is 91.6 Å². The number of nitrogens with one attached hydrogen (secondary N) is 2. The van der Waals surface area contributed by atoms with E-state index in [1.807, 2.05) is 85.6 Å². The zero-order valence-electron chi connectivity index (χ0n) is 21.1. The molecule has 0 saturated heterocycles. The molecule has 0 spiro atoms. The molecule has 1 amide bonds. The summed E-state index contributed by atoms with van der Waals surface area (Å²) >= 11 is 0. The molecule has 0 unspecified atom stereocenters. The molecule has 6 nitrogen and oxygen atoms in total. The van der Waals surface area contributed by atoms with Crippen LogP contribution in [0.5, 0.6) is 0 Å². The van der Waals surface area contributed by atoms with Crippen molar-refractivity contribution < 1.29 is 4.79 Å². The third-order valence-corrected chi connectivity index (χ3v) is 5.04. The number of carbonyl (C=O) groups excluding carboxylic acids is 1. The number of amides is 1.